The van der Waals surface area contributed by atoms with E-state index in [4.69, 9.17) is 4.74 Å². The minimum absolute atomic E-state index is 0.0183. The summed E-state index contributed by atoms with van der Waals surface area (Å²) in [4.78, 5) is 81.4. The summed E-state index contributed by atoms with van der Waals surface area (Å²) < 4.78 is 5.44. The quantitative estimate of drug-likeness (QED) is 0.263. The first-order chi connectivity index (χ1) is 21.9. The highest BCUT2D eigenvalue weighted by molar-refractivity contribution is 6.38. The van der Waals surface area contributed by atoms with Crippen LogP contribution in [-0.2, 0) is 35.1 Å². The average molecular weight is 670 g/mol. The molecule has 4 N–H and O–H groups in total. The van der Waals surface area contributed by atoms with Crippen LogP contribution in [0, 0.1) is 22.7 Å². The fourth-order valence-corrected chi connectivity index (χ4v) is 6.38. The van der Waals surface area contributed by atoms with Crippen molar-refractivity contribution in [2.45, 2.75) is 118 Å². The van der Waals surface area contributed by atoms with Gasteiger partial charge in [-0.05, 0) is 69.8 Å². The van der Waals surface area contributed by atoms with Gasteiger partial charge in [0.2, 0.25) is 23.5 Å². The summed E-state index contributed by atoms with van der Waals surface area (Å²) in [6.07, 6.45) is -0.709. The first kappa shape index (κ1) is 38.5. The molecule has 48 heavy (non-hydrogen) atoms. The minimum Gasteiger partial charge on any atom is -0.444 e. The maximum absolute atomic E-state index is 14.2. The van der Waals surface area contributed by atoms with E-state index in [0.717, 1.165) is 5.56 Å². The van der Waals surface area contributed by atoms with Gasteiger partial charge >= 0.3 is 6.09 Å². The average Bonchev–Trinajstić information content (AvgIpc) is 3.24. The molecule has 0 radical (unpaired) electrons. The molecule has 1 aliphatic heterocycles. The number of carbonyl (C=O) groups is 6. The Morgan fingerprint density at radius 2 is 1.52 bits per heavy atom. The number of amides is 5. The predicted molar refractivity (Wildman–Crippen MR) is 181 cm³/mol. The maximum Gasteiger partial charge on any atom is 0.408 e. The maximum atomic E-state index is 14.2. The van der Waals surface area contributed by atoms with E-state index >= 15 is 0 Å². The van der Waals surface area contributed by atoms with E-state index in [-0.39, 0.29) is 42.5 Å². The Kier molecular flexibility index (Phi) is 11.4. The van der Waals surface area contributed by atoms with Crippen molar-refractivity contribution < 1.29 is 33.5 Å². The SMILES string of the molecule is CC(C)(C)NC(=O)CCNC(=O)C(=O)C(Cc1ccccc1)NC(=O)[C@@H]1C2C(CN1C(=O)[C@@H](NC(=O)OC(C)(C)C)C(C)(C)C)C2(C)C. The summed E-state index contributed by atoms with van der Waals surface area (Å²) >= 11 is 0. The molecule has 2 fully saturated rings. The Morgan fingerprint density at radius 3 is 2.06 bits per heavy atom. The summed E-state index contributed by atoms with van der Waals surface area (Å²) in [5.41, 5.74) is -1.43. The smallest absolute Gasteiger partial charge is 0.408 e. The van der Waals surface area contributed by atoms with Crippen LogP contribution in [0.3, 0.4) is 0 Å². The molecule has 5 atom stereocenters. The third-order valence-electron chi connectivity index (χ3n) is 8.83. The van der Waals surface area contributed by atoms with E-state index in [0.29, 0.717) is 6.54 Å². The number of benzene rings is 1. The second-order valence-corrected chi connectivity index (χ2v) is 16.8. The molecule has 5 amide bonds. The zero-order valence-corrected chi connectivity index (χ0v) is 30.4. The van der Waals surface area contributed by atoms with Crippen LogP contribution in [-0.4, -0.2) is 82.8 Å². The fraction of sp³-hybridized carbons (Fsp3) is 0.667. The highest BCUT2D eigenvalue weighted by Crippen LogP contribution is 2.65. The number of ketones is 1. The van der Waals surface area contributed by atoms with Crippen LogP contribution in [0.15, 0.2) is 30.3 Å². The number of ether oxygens (including phenoxy) is 1. The van der Waals surface area contributed by atoms with Crippen LogP contribution < -0.4 is 21.3 Å². The lowest BCUT2D eigenvalue weighted by Gasteiger charge is -2.38. The molecule has 2 aliphatic rings. The van der Waals surface area contributed by atoms with Crippen LogP contribution in [0.4, 0.5) is 4.79 Å². The molecule has 3 unspecified atom stereocenters. The second kappa shape index (κ2) is 14.3. The molecule has 0 spiro atoms. The predicted octanol–water partition coefficient (Wildman–Crippen LogP) is 3.13. The summed E-state index contributed by atoms with van der Waals surface area (Å²) in [7, 11) is 0. The van der Waals surface area contributed by atoms with Gasteiger partial charge in [-0.15, -0.1) is 0 Å². The molecule has 12 nitrogen and oxygen atoms in total. The van der Waals surface area contributed by atoms with E-state index in [1.165, 1.54) is 4.90 Å². The van der Waals surface area contributed by atoms with Crippen LogP contribution in [0.25, 0.3) is 0 Å². The number of rotatable bonds is 11. The largest absolute Gasteiger partial charge is 0.444 e. The third-order valence-corrected chi connectivity index (χ3v) is 8.83. The van der Waals surface area contributed by atoms with Crippen LogP contribution in [0.2, 0.25) is 0 Å². The van der Waals surface area contributed by atoms with Gasteiger partial charge in [0.05, 0.1) is 0 Å². The number of nitrogens with zero attached hydrogens (tertiary/aromatic N) is 1. The number of likely N-dealkylation sites (tertiary alicyclic amines) is 1. The van der Waals surface area contributed by atoms with Crippen molar-refractivity contribution in [1.29, 1.82) is 0 Å². The van der Waals surface area contributed by atoms with Gasteiger partial charge in [-0.2, -0.15) is 0 Å². The first-order valence-corrected chi connectivity index (χ1v) is 16.7. The van der Waals surface area contributed by atoms with E-state index in [1.54, 1.807) is 45.0 Å². The molecule has 1 aliphatic carbocycles. The number of alkyl carbamates (subject to hydrolysis) is 1. The molecular weight excluding hydrogens is 614 g/mol. The molecule has 1 aromatic rings. The van der Waals surface area contributed by atoms with Gasteiger partial charge in [-0.25, -0.2) is 4.79 Å². The van der Waals surface area contributed by atoms with Crippen LogP contribution >= 0.6 is 0 Å². The number of carbonyl (C=O) groups excluding carboxylic acids is 6. The Bertz CT molecular complexity index is 1390. The monoisotopic (exact) mass is 669 g/mol. The number of nitrogens with one attached hydrogen (secondary N) is 4. The molecule has 1 heterocycles. The molecule has 266 valence electrons. The highest BCUT2D eigenvalue weighted by atomic mass is 16.6. The summed E-state index contributed by atoms with van der Waals surface area (Å²) in [6, 6.07) is 5.87. The normalized spacial score (nSPS) is 21.2. The number of hydrogen-bond donors (Lipinski definition) is 4. The molecular formula is C36H55N5O7. The topological polar surface area (TPSA) is 163 Å². The molecule has 3 rings (SSSR count). The van der Waals surface area contributed by atoms with Gasteiger partial charge in [-0.3, -0.25) is 24.0 Å². The molecule has 1 saturated carbocycles. The van der Waals surface area contributed by atoms with E-state index < -0.39 is 64.3 Å². The van der Waals surface area contributed by atoms with Gasteiger partial charge < -0.3 is 30.9 Å². The first-order valence-electron chi connectivity index (χ1n) is 16.7. The molecule has 12 heteroatoms. The number of hydrogen-bond acceptors (Lipinski definition) is 7. The van der Waals surface area contributed by atoms with Crippen molar-refractivity contribution in [1.82, 2.24) is 26.2 Å². The summed E-state index contributed by atoms with van der Waals surface area (Å²) in [5, 5.41) is 10.9. The Labute approximate surface area is 284 Å². The Hall–Kier alpha value is -3.96. The van der Waals surface area contributed by atoms with Crippen molar-refractivity contribution in [2.75, 3.05) is 13.1 Å². The van der Waals surface area contributed by atoms with Gasteiger partial charge in [-0.1, -0.05) is 65.0 Å². The van der Waals surface area contributed by atoms with Crippen molar-refractivity contribution in [2.24, 2.45) is 22.7 Å². The zero-order chi connectivity index (χ0) is 36.4. The number of piperidine rings is 1. The summed E-state index contributed by atoms with van der Waals surface area (Å²) in [5.74, 6) is -3.14. The Balaban J connectivity index is 1.83. The molecule has 1 saturated heterocycles. The fourth-order valence-electron chi connectivity index (χ4n) is 6.38. The van der Waals surface area contributed by atoms with Crippen molar-refractivity contribution in [3.63, 3.8) is 0 Å². The standard InChI is InChI=1S/C36H55N5O7/c1-33(2,3)28(39-32(47)48-35(7,8)9)31(46)41-20-22-25(36(22,10)11)26(41)29(44)38-23(19-21-15-13-12-14-16-21)27(43)30(45)37-18-17-24(42)40-34(4,5)6/h12-16,22-23,25-26,28H,17-20H2,1-11H3,(H,37,45)(H,38,44)(H,39,47)(H,40,42)/t22?,23?,25?,26-,28+/m0/s1. The zero-order valence-electron chi connectivity index (χ0n) is 30.4. The minimum atomic E-state index is -1.22. The van der Waals surface area contributed by atoms with Crippen molar-refractivity contribution in [3.05, 3.63) is 35.9 Å². The lowest BCUT2D eigenvalue weighted by atomic mass is 9.85. The number of fused-ring (bicyclic) bond motifs is 1. The van der Waals surface area contributed by atoms with Gasteiger partial charge in [0.1, 0.15) is 23.7 Å². The van der Waals surface area contributed by atoms with Gasteiger partial charge in [0, 0.05) is 31.5 Å². The van der Waals surface area contributed by atoms with Crippen LogP contribution in [0.1, 0.15) is 88.1 Å². The van der Waals surface area contributed by atoms with Crippen molar-refractivity contribution in [3.8, 4) is 0 Å². The lowest BCUT2D eigenvalue weighted by molar-refractivity contribution is -0.145. The summed E-state index contributed by atoms with van der Waals surface area (Å²) in [6.45, 7) is 20.5. The van der Waals surface area contributed by atoms with E-state index in [2.05, 4.69) is 21.3 Å². The third kappa shape index (κ3) is 10.0. The molecule has 0 bridgehead atoms. The molecule has 1 aromatic carbocycles. The van der Waals surface area contributed by atoms with Gasteiger partial charge in [0.25, 0.3) is 5.91 Å². The van der Waals surface area contributed by atoms with Crippen LogP contribution in [0.5, 0.6) is 0 Å². The lowest BCUT2D eigenvalue weighted by Crippen LogP contribution is -2.61. The van der Waals surface area contributed by atoms with E-state index in [9.17, 15) is 28.8 Å². The second-order valence-electron chi connectivity index (χ2n) is 16.8. The Morgan fingerprint density at radius 1 is 0.917 bits per heavy atom. The highest BCUT2D eigenvalue weighted by Gasteiger charge is 2.70. The number of Topliss-reactive ketones (excluding diaryl/α,β-unsaturated/α-hetero) is 1. The molecule has 0 aromatic heterocycles. The van der Waals surface area contributed by atoms with Crippen molar-refractivity contribution >= 4 is 35.5 Å². The van der Waals surface area contributed by atoms with Gasteiger partial charge in [0.15, 0.2) is 0 Å². The van der Waals surface area contributed by atoms with E-state index in [1.807, 2.05) is 61.5 Å².